The Morgan fingerprint density at radius 1 is 1.18 bits per heavy atom. The van der Waals surface area contributed by atoms with Gasteiger partial charge in [-0.05, 0) is 35.9 Å². The van der Waals surface area contributed by atoms with E-state index in [4.69, 9.17) is 11.6 Å². The molecule has 5 nitrogen and oxygen atoms in total. The van der Waals surface area contributed by atoms with E-state index in [1.54, 1.807) is 47.4 Å². The number of anilines is 1. The summed E-state index contributed by atoms with van der Waals surface area (Å²) < 4.78 is 1.75. The van der Waals surface area contributed by atoms with Gasteiger partial charge in [-0.15, -0.1) is 0 Å². The topological polar surface area (TPSA) is 59.8 Å². The van der Waals surface area contributed by atoms with Gasteiger partial charge in [0.25, 0.3) is 5.91 Å². The van der Waals surface area contributed by atoms with E-state index < -0.39 is 0 Å². The molecule has 3 rings (SSSR count). The van der Waals surface area contributed by atoms with Crippen molar-refractivity contribution in [1.29, 1.82) is 0 Å². The summed E-state index contributed by atoms with van der Waals surface area (Å²) in [5, 5.41) is 7.60. The van der Waals surface area contributed by atoms with E-state index in [0.717, 1.165) is 5.56 Å². The Morgan fingerprint density at radius 3 is 2.77 bits per heavy atom. The minimum absolute atomic E-state index is 0.239. The first-order valence-corrected chi connectivity index (χ1v) is 7.08. The lowest BCUT2D eigenvalue weighted by molar-refractivity contribution is 0.102. The van der Waals surface area contributed by atoms with Crippen LogP contribution >= 0.6 is 11.6 Å². The summed E-state index contributed by atoms with van der Waals surface area (Å²) in [6.07, 6.45) is 5.29. The first kappa shape index (κ1) is 14.3. The fraction of sp³-hybridized carbons (Fsp3) is 0.0625. The summed E-state index contributed by atoms with van der Waals surface area (Å²) in [5.74, 6) is 0.260. The van der Waals surface area contributed by atoms with Crippen LogP contribution in [-0.2, 0) is 6.54 Å². The molecule has 0 bridgehead atoms. The molecule has 6 heteroatoms. The van der Waals surface area contributed by atoms with Crippen molar-refractivity contribution in [3.8, 4) is 0 Å². The van der Waals surface area contributed by atoms with Crippen molar-refractivity contribution < 1.29 is 4.79 Å². The summed E-state index contributed by atoms with van der Waals surface area (Å²) >= 11 is 5.88. The van der Waals surface area contributed by atoms with Crippen molar-refractivity contribution in [3.63, 3.8) is 0 Å². The molecule has 2 aromatic heterocycles. The van der Waals surface area contributed by atoms with Crippen LogP contribution in [0.25, 0.3) is 0 Å². The molecule has 1 aromatic carbocycles. The number of hydrogen-bond donors (Lipinski definition) is 1. The number of nitrogens with zero attached hydrogens (tertiary/aromatic N) is 3. The number of carbonyl (C=O) groups is 1. The van der Waals surface area contributed by atoms with Gasteiger partial charge in [0, 0.05) is 35.2 Å². The van der Waals surface area contributed by atoms with Gasteiger partial charge in [0.15, 0.2) is 5.82 Å². The molecule has 1 N–H and O–H groups in total. The summed E-state index contributed by atoms with van der Waals surface area (Å²) in [4.78, 5) is 16.1. The molecule has 0 aliphatic rings. The van der Waals surface area contributed by atoms with Crippen molar-refractivity contribution >= 4 is 23.3 Å². The highest BCUT2D eigenvalue weighted by Crippen LogP contribution is 2.13. The van der Waals surface area contributed by atoms with E-state index in [0.29, 0.717) is 22.9 Å². The quantitative estimate of drug-likeness (QED) is 0.804. The molecule has 0 saturated carbocycles. The zero-order chi connectivity index (χ0) is 15.4. The molecule has 110 valence electrons. The van der Waals surface area contributed by atoms with Crippen LogP contribution in [0, 0.1) is 0 Å². The van der Waals surface area contributed by atoms with Gasteiger partial charge in [0.05, 0.1) is 6.54 Å². The Kier molecular flexibility index (Phi) is 4.16. The average Bonchev–Trinajstić information content (AvgIpc) is 2.95. The van der Waals surface area contributed by atoms with Gasteiger partial charge in [-0.3, -0.25) is 14.5 Å². The third-order valence-electron chi connectivity index (χ3n) is 3.06. The smallest absolute Gasteiger partial charge is 0.256 e. The van der Waals surface area contributed by atoms with E-state index in [-0.39, 0.29) is 5.91 Å². The number of hydrogen-bond acceptors (Lipinski definition) is 3. The largest absolute Gasteiger partial charge is 0.305 e. The third kappa shape index (κ3) is 3.51. The van der Waals surface area contributed by atoms with E-state index in [1.807, 2.05) is 18.3 Å². The minimum atomic E-state index is -0.239. The van der Waals surface area contributed by atoms with Gasteiger partial charge in [0.1, 0.15) is 0 Å². The van der Waals surface area contributed by atoms with Crippen LogP contribution in [0.1, 0.15) is 15.9 Å². The second kappa shape index (κ2) is 6.41. The molecule has 1 amide bonds. The van der Waals surface area contributed by atoms with E-state index in [1.165, 1.54) is 0 Å². The summed E-state index contributed by atoms with van der Waals surface area (Å²) in [6, 6.07) is 12.4. The number of amides is 1. The highest BCUT2D eigenvalue weighted by Gasteiger charge is 2.08. The number of aromatic nitrogens is 3. The molecule has 22 heavy (non-hydrogen) atoms. The van der Waals surface area contributed by atoms with E-state index in [2.05, 4.69) is 15.4 Å². The molecule has 0 aliphatic heterocycles. The van der Waals surface area contributed by atoms with Gasteiger partial charge >= 0.3 is 0 Å². The Bertz CT molecular complexity index is 786. The van der Waals surface area contributed by atoms with Crippen molar-refractivity contribution in [2.45, 2.75) is 6.54 Å². The van der Waals surface area contributed by atoms with E-state index in [9.17, 15) is 4.79 Å². The van der Waals surface area contributed by atoms with Gasteiger partial charge in [-0.1, -0.05) is 17.7 Å². The Morgan fingerprint density at radius 2 is 2.00 bits per heavy atom. The van der Waals surface area contributed by atoms with Crippen molar-refractivity contribution in [2.75, 3.05) is 5.32 Å². The Labute approximate surface area is 132 Å². The predicted molar refractivity (Wildman–Crippen MR) is 85.0 cm³/mol. The van der Waals surface area contributed by atoms with E-state index >= 15 is 0 Å². The molecule has 0 spiro atoms. The Hall–Kier alpha value is -2.66. The van der Waals surface area contributed by atoms with Crippen molar-refractivity contribution in [3.05, 3.63) is 77.2 Å². The first-order valence-electron chi connectivity index (χ1n) is 6.70. The second-order valence-corrected chi connectivity index (χ2v) is 5.15. The van der Waals surface area contributed by atoms with Gasteiger partial charge in [0.2, 0.25) is 0 Å². The van der Waals surface area contributed by atoms with Crippen LogP contribution in [0.2, 0.25) is 5.02 Å². The summed E-state index contributed by atoms with van der Waals surface area (Å²) in [6.45, 7) is 0.621. The Balaban J connectivity index is 1.68. The molecule has 0 fully saturated rings. The lowest BCUT2D eigenvalue weighted by Crippen LogP contribution is -2.12. The zero-order valence-electron chi connectivity index (χ0n) is 11.6. The summed E-state index contributed by atoms with van der Waals surface area (Å²) in [5.41, 5.74) is 1.59. The van der Waals surface area contributed by atoms with Gasteiger partial charge in [-0.2, -0.15) is 5.10 Å². The average molecular weight is 313 g/mol. The van der Waals surface area contributed by atoms with Gasteiger partial charge in [-0.25, -0.2) is 0 Å². The lowest BCUT2D eigenvalue weighted by atomic mass is 10.2. The van der Waals surface area contributed by atoms with Crippen LogP contribution in [0.15, 0.2) is 61.1 Å². The fourth-order valence-corrected chi connectivity index (χ4v) is 2.20. The number of halogens is 1. The van der Waals surface area contributed by atoms with Crippen molar-refractivity contribution in [1.82, 2.24) is 14.8 Å². The van der Waals surface area contributed by atoms with Crippen LogP contribution in [0.5, 0.6) is 0 Å². The van der Waals surface area contributed by atoms with Crippen molar-refractivity contribution in [2.24, 2.45) is 0 Å². The highest BCUT2D eigenvalue weighted by molar-refractivity contribution is 6.31. The molecule has 2 heterocycles. The standard InChI is InChI=1S/C16H13ClN4O/c17-14-3-1-2-13(10-14)16(22)19-15-6-9-21(20-15)11-12-4-7-18-8-5-12/h1-10H,11H2,(H,19,20,22). The molecule has 0 aliphatic carbocycles. The fourth-order valence-electron chi connectivity index (χ4n) is 2.01. The van der Waals surface area contributed by atoms with Crippen LogP contribution in [0.4, 0.5) is 5.82 Å². The number of nitrogens with one attached hydrogen (secondary N) is 1. The minimum Gasteiger partial charge on any atom is -0.305 e. The monoisotopic (exact) mass is 312 g/mol. The maximum absolute atomic E-state index is 12.1. The number of benzene rings is 1. The molecule has 0 radical (unpaired) electrons. The predicted octanol–water partition coefficient (Wildman–Crippen LogP) is 3.23. The maximum atomic E-state index is 12.1. The molecule has 0 saturated heterocycles. The lowest BCUT2D eigenvalue weighted by Gasteiger charge is -2.03. The second-order valence-electron chi connectivity index (χ2n) is 4.72. The molecule has 0 unspecified atom stereocenters. The molecular weight excluding hydrogens is 300 g/mol. The first-order chi connectivity index (χ1) is 10.7. The number of rotatable bonds is 4. The number of carbonyl (C=O) groups excluding carboxylic acids is 1. The molecular formula is C16H13ClN4O. The SMILES string of the molecule is O=C(Nc1ccn(Cc2ccncc2)n1)c1cccc(Cl)c1. The van der Waals surface area contributed by atoms with Crippen LogP contribution < -0.4 is 5.32 Å². The normalized spacial score (nSPS) is 10.4. The van der Waals surface area contributed by atoms with Crippen LogP contribution in [0.3, 0.4) is 0 Å². The highest BCUT2D eigenvalue weighted by atomic mass is 35.5. The molecule has 3 aromatic rings. The van der Waals surface area contributed by atoms with Crippen LogP contribution in [-0.4, -0.2) is 20.7 Å². The summed E-state index contributed by atoms with van der Waals surface area (Å²) in [7, 11) is 0. The molecule has 0 atom stereocenters. The number of pyridine rings is 1. The maximum Gasteiger partial charge on any atom is 0.256 e. The third-order valence-corrected chi connectivity index (χ3v) is 3.30. The van der Waals surface area contributed by atoms with Gasteiger partial charge < -0.3 is 5.32 Å². The zero-order valence-corrected chi connectivity index (χ0v) is 12.4.